The summed E-state index contributed by atoms with van der Waals surface area (Å²) in [5.41, 5.74) is -2.29. The number of anilines is 1. The van der Waals surface area contributed by atoms with Gasteiger partial charge in [-0.15, -0.1) is 0 Å². The van der Waals surface area contributed by atoms with E-state index >= 15 is 0 Å². The number of alkyl halides is 3. The number of halogens is 4. The molecule has 0 unspecified atom stereocenters. The molecule has 0 radical (unpaired) electrons. The van der Waals surface area contributed by atoms with Crippen LogP contribution in [0.4, 0.5) is 23.4 Å². The first-order valence-corrected chi connectivity index (χ1v) is 11.5. The van der Waals surface area contributed by atoms with Crippen LogP contribution in [-0.2, 0) is 22.3 Å². The maximum atomic E-state index is 13.3. The predicted molar refractivity (Wildman–Crippen MR) is 119 cm³/mol. The van der Waals surface area contributed by atoms with Crippen LogP contribution in [0.1, 0.15) is 25.0 Å². The normalized spacial score (nSPS) is 19.9. The third-order valence-corrected chi connectivity index (χ3v) is 6.65. The summed E-state index contributed by atoms with van der Waals surface area (Å²) in [6.07, 6.45) is -0.788. The Kier molecular flexibility index (Phi) is 6.36. The lowest BCUT2D eigenvalue weighted by Crippen LogP contribution is -2.40. The zero-order chi connectivity index (χ0) is 25.4. The molecule has 0 aromatic carbocycles. The molecule has 192 valence electrons. The van der Waals surface area contributed by atoms with Crippen molar-refractivity contribution in [2.45, 2.75) is 44.1 Å². The number of aromatic amines is 1. The zero-order valence-corrected chi connectivity index (χ0v) is 19.0. The molecule has 5 heterocycles. The van der Waals surface area contributed by atoms with Gasteiger partial charge < -0.3 is 14.5 Å². The molecule has 2 aliphatic heterocycles. The van der Waals surface area contributed by atoms with E-state index in [2.05, 4.69) is 20.1 Å². The Hall–Kier alpha value is -3.55. The highest BCUT2D eigenvalue weighted by Gasteiger charge is 2.44. The summed E-state index contributed by atoms with van der Waals surface area (Å²) in [5.74, 6) is 0.235. The molecule has 1 amide bonds. The monoisotopic (exact) mass is 509 g/mol. The van der Waals surface area contributed by atoms with Gasteiger partial charge in [0, 0.05) is 13.1 Å². The second-order valence-electron chi connectivity index (χ2n) is 8.72. The molecule has 2 aliphatic rings. The van der Waals surface area contributed by atoms with E-state index in [1.54, 1.807) is 6.07 Å². The number of pyridine rings is 1. The summed E-state index contributed by atoms with van der Waals surface area (Å²) < 4.78 is 59.6. The molecule has 1 N–H and O–H groups in total. The van der Waals surface area contributed by atoms with Gasteiger partial charge in [0.15, 0.2) is 5.69 Å². The van der Waals surface area contributed by atoms with Crippen LogP contribution < -0.4 is 10.5 Å². The Labute approximate surface area is 201 Å². The van der Waals surface area contributed by atoms with Gasteiger partial charge in [0.25, 0.3) is 5.56 Å². The first-order chi connectivity index (χ1) is 17.2. The van der Waals surface area contributed by atoms with Gasteiger partial charge in [-0.1, -0.05) is 0 Å². The molecule has 3 aromatic rings. The number of rotatable bonds is 7. The topological polar surface area (TPSA) is 109 Å². The third-order valence-electron chi connectivity index (χ3n) is 6.65. The number of aromatic nitrogens is 5. The van der Waals surface area contributed by atoms with E-state index < -0.39 is 28.6 Å². The average molecular weight is 509 g/mol. The fourth-order valence-electron chi connectivity index (χ4n) is 5.08. The molecule has 0 bridgehead atoms. The number of carbonyl (C=O) groups is 1. The Morgan fingerprint density at radius 3 is 2.69 bits per heavy atom. The van der Waals surface area contributed by atoms with Crippen molar-refractivity contribution in [3.8, 4) is 0 Å². The summed E-state index contributed by atoms with van der Waals surface area (Å²) in [6, 6.07) is 3.18. The Morgan fingerprint density at radius 2 is 1.94 bits per heavy atom. The highest BCUT2D eigenvalue weighted by molar-refractivity contribution is 5.80. The lowest BCUT2D eigenvalue weighted by molar-refractivity contribution is -0.140. The number of fused-ring (bicyclic) bond motifs is 2. The van der Waals surface area contributed by atoms with Crippen LogP contribution in [0.15, 0.2) is 29.3 Å². The fourth-order valence-corrected chi connectivity index (χ4v) is 5.08. The van der Waals surface area contributed by atoms with Gasteiger partial charge in [-0.3, -0.25) is 14.3 Å². The number of hydrogen-bond donors (Lipinski definition) is 1. The molecular weight excluding hydrogens is 486 g/mol. The zero-order valence-electron chi connectivity index (χ0n) is 19.0. The summed E-state index contributed by atoms with van der Waals surface area (Å²) >= 11 is 0. The first-order valence-electron chi connectivity index (χ1n) is 11.5. The first kappa shape index (κ1) is 24.2. The van der Waals surface area contributed by atoms with E-state index in [0.29, 0.717) is 12.4 Å². The minimum Gasteiger partial charge on any atom is -0.379 e. The number of hydrogen-bond acceptors (Lipinski definition) is 7. The van der Waals surface area contributed by atoms with Crippen LogP contribution in [0.3, 0.4) is 0 Å². The molecule has 0 aliphatic carbocycles. The van der Waals surface area contributed by atoms with Crippen molar-refractivity contribution in [2.75, 3.05) is 31.2 Å². The minimum absolute atomic E-state index is 0.00419. The fraction of sp³-hybridized carbons (Fsp3) is 0.500. The van der Waals surface area contributed by atoms with Gasteiger partial charge in [-0.2, -0.15) is 23.4 Å². The summed E-state index contributed by atoms with van der Waals surface area (Å²) in [4.78, 5) is 32.8. The molecule has 3 aromatic heterocycles. The summed E-state index contributed by atoms with van der Waals surface area (Å²) in [7, 11) is 0. The summed E-state index contributed by atoms with van der Waals surface area (Å²) in [6.45, 7) is 1.39. The molecule has 10 nitrogen and oxygen atoms in total. The van der Waals surface area contributed by atoms with Crippen LogP contribution in [0.5, 0.6) is 0 Å². The number of nitrogens with zero attached hydrogens (tertiary/aromatic N) is 6. The highest BCUT2D eigenvalue weighted by atomic mass is 19.4. The van der Waals surface area contributed by atoms with E-state index in [0.717, 1.165) is 30.3 Å². The van der Waals surface area contributed by atoms with E-state index in [4.69, 9.17) is 4.74 Å². The number of carbonyl (C=O) groups excluding carboxylic acids is 1. The molecular formula is C22H23F4N7O3. The van der Waals surface area contributed by atoms with Crippen LogP contribution >= 0.6 is 0 Å². The molecule has 0 saturated carbocycles. The minimum atomic E-state index is -4.79. The second kappa shape index (κ2) is 9.48. The van der Waals surface area contributed by atoms with Gasteiger partial charge in [-0.25, -0.2) is 14.5 Å². The standard InChI is InChI=1S/C22H23F4N7O3/c23-13-1-2-17(27-11-13)31-6-3-15-14(31)4-7-32(15)18(34)5-9-36-10-8-33-16-12-28-29-21(35)19(16)20(30-33)22(24,25)26/h1-2,11-12,14-15H,3-10H2,(H,29,35)/t14-,15-/m1/s1. The van der Waals surface area contributed by atoms with Crippen molar-refractivity contribution < 1.29 is 27.1 Å². The Bertz CT molecular complexity index is 1310. The average Bonchev–Trinajstić information content (AvgIpc) is 3.53. The van der Waals surface area contributed by atoms with Gasteiger partial charge in [0.1, 0.15) is 17.0 Å². The molecule has 2 fully saturated rings. The molecule has 0 spiro atoms. The van der Waals surface area contributed by atoms with Crippen molar-refractivity contribution in [1.29, 1.82) is 0 Å². The maximum absolute atomic E-state index is 13.3. The van der Waals surface area contributed by atoms with E-state index in [-0.39, 0.29) is 49.7 Å². The predicted octanol–water partition coefficient (Wildman–Crippen LogP) is 1.96. The van der Waals surface area contributed by atoms with Gasteiger partial charge in [-0.05, 0) is 25.0 Å². The van der Waals surface area contributed by atoms with Crippen molar-refractivity contribution in [1.82, 2.24) is 29.9 Å². The third kappa shape index (κ3) is 4.52. The maximum Gasteiger partial charge on any atom is 0.435 e. The van der Waals surface area contributed by atoms with E-state index in [1.165, 1.54) is 12.3 Å². The highest BCUT2D eigenvalue weighted by Crippen LogP contribution is 2.35. The van der Waals surface area contributed by atoms with Crippen molar-refractivity contribution in [3.63, 3.8) is 0 Å². The largest absolute Gasteiger partial charge is 0.435 e. The van der Waals surface area contributed by atoms with Crippen molar-refractivity contribution in [3.05, 3.63) is 46.4 Å². The number of ether oxygens (including phenoxy) is 1. The van der Waals surface area contributed by atoms with Crippen LogP contribution in [-0.4, -0.2) is 74.2 Å². The van der Waals surface area contributed by atoms with Crippen LogP contribution in [0.25, 0.3) is 10.9 Å². The smallest absolute Gasteiger partial charge is 0.379 e. The van der Waals surface area contributed by atoms with Gasteiger partial charge in [0.2, 0.25) is 5.91 Å². The SMILES string of the molecule is O=C(CCOCCn1nc(C(F)(F)F)c2c(=O)[nH]ncc21)N1CC[C@@H]2[C@H]1CCN2c1ccc(F)cn1. The van der Waals surface area contributed by atoms with Crippen LogP contribution in [0.2, 0.25) is 0 Å². The second-order valence-corrected chi connectivity index (χ2v) is 8.72. The Balaban J connectivity index is 1.13. The van der Waals surface area contributed by atoms with Crippen LogP contribution in [0, 0.1) is 5.82 Å². The molecule has 36 heavy (non-hydrogen) atoms. The Morgan fingerprint density at radius 1 is 1.14 bits per heavy atom. The number of H-pyrrole nitrogens is 1. The van der Waals surface area contributed by atoms with E-state index in [1.807, 2.05) is 10.00 Å². The van der Waals surface area contributed by atoms with Gasteiger partial charge in [0.05, 0.1) is 56.2 Å². The molecule has 14 heteroatoms. The summed E-state index contributed by atoms with van der Waals surface area (Å²) in [5, 5.41) is 8.51. The van der Waals surface area contributed by atoms with E-state index in [9.17, 15) is 27.2 Å². The number of amides is 1. The molecule has 2 atom stereocenters. The lowest BCUT2D eigenvalue weighted by atomic mass is 10.1. The quantitative estimate of drug-likeness (QED) is 0.383. The van der Waals surface area contributed by atoms with Crippen molar-refractivity contribution >= 4 is 22.6 Å². The van der Waals surface area contributed by atoms with Gasteiger partial charge >= 0.3 is 6.18 Å². The number of likely N-dealkylation sites (tertiary alicyclic amines) is 1. The number of nitrogens with one attached hydrogen (secondary N) is 1. The van der Waals surface area contributed by atoms with Crippen molar-refractivity contribution in [2.24, 2.45) is 0 Å². The lowest BCUT2D eigenvalue weighted by Gasteiger charge is -2.26. The molecule has 2 saturated heterocycles. The molecule has 5 rings (SSSR count).